The molecule has 3 aromatic heterocycles. The number of rotatable bonds is 0. The summed E-state index contributed by atoms with van der Waals surface area (Å²) in [5, 5.41) is 6.78. The summed E-state index contributed by atoms with van der Waals surface area (Å²) in [7, 11) is 0. The molecule has 1 nitrogen and oxygen atoms in total. The van der Waals surface area contributed by atoms with Gasteiger partial charge >= 0.3 is 0 Å². The first-order valence-corrected chi connectivity index (χ1v) is 4.06. The second-order valence-electron chi connectivity index (χ2n) is 2.36. The van der Waals surface area contributed by atoms with Crippen LogP contribution in [-0.2, 0) is 0 Å². The van der Waals surface area contributed by atoms with Gasteiger partial charge in [0.2, 0.25) is 0 Å². The molecule has 0 atom stereocenters. The zero-order chi connectivity index (χ0) is 6.55. The number of hydrogen-bond donors (Lipinski definition) is 0. The maximum atomic E-state index is 5.41. The summed E-state index contributed by atoms with van der Waals surface area (Å²) in [4.78, 5) is 0. The molecule has 0 amide bonds. The highest BCUT2D eigenvalue weighted by Gasteiger charge is 2.07. The summed E-state index contributed by atoms with van der Waals surface area (Å²) in [6.07, 6.45) is 0. The first-order chi connectivity index (χ1) is 4.95. The van der Waals surface area contributed by atoms with E-state index < -0.39 is 0 Å². The minimum atomic E-state index is 1.02. The van der Waals surface area contributed by atoms with Crippen LogP contribution in [0, 0.1) is 0 Å². The third-order valence-electron chi connectivity index (χ3n) is 1.80. The molecule has 0 aromatic carbocycles. The van der Waals surface area contributed by atoms with E-state index >= 15 is 0 Å². The van der Waals surface area contributed by atoms with Crippen LogP contribution >= 0.6 is 11.3 Å². The lowest BCUT2D eigenvalue weighted by Crippen LogP contribution is -1.54. The number of furan rings is 2. The molecule has 0 spiro atoms. The lowest BCUT2D eigenvalue weighted by Gasteiger charge is -1.74. The maximum Gasteiger partial charge on any atom is 0.136 e. The number of benzene rings is 1. The molecule has 0 fully saturated rings. The van der Waals surface area contributed by atoms with Crippen LogP contribution in [-0.4, -0.2) is 0 Å². The maximum absolute atomic E-state index is 5.41. The molecule has 0 aliphatic carbocycles. The van der Waals surface area contributed by atoms with E-state index in [1.807, 2.05) is 12.1 Å². The third kappa shape index (κ3) is 0.370. The van der Waals surface area contributed by atoms with Gasteiger partial charge in [0.15, 0.2) is 0 Å². The van der Waals surface area contributed by atoms with Crippen LogP contribution in [0.3, 0.4) is 0 Å². The van der Waals surface area contributed by atoms with Crippen molar-refractivity contribution in [2.24, 2.45) is 0 Å². The Hall–Kier alpha value is -1.02. The second-order valence-corrected chi connectivity index (χ2v) is 3.11. The van der Waals surface area contributed by atoms with Gasteiger partial charge in [0.05, 0.1) is 0 Å². The highest BCUT2D eigenvalue weighted by Crippen LogP contribution is 2.33. The SMILES string of the molecule is c1cc2oc1c1cscc21. The Kier molecular flexibility index (Phi) is 0.640. The quantitative estimate of drug-likeness (QED) is 0.477. The summed E-state index contributed by atoms with van der Waals surface area (Å²) in [6.45, 7) is 0. The Morgan fingerprint density at radius 2 is 1.60 bits per heavy atom. The normalized spacial score (nSPS) is 12.0. The standard InChI is InChI=1S/C8H4OS/c1-2-8-6-4-10-3-5(6)7(1)9-8/h1-4H. The van der Waals surface area contributed by atoms with Gasteiger partial charge in [0.1, 0.15) is 11.2 Å². The molecular formula is C8H4OS. The molecule has 2 bridgehead atoms. The van der Waals surface area contributed by atoms with Crippen molar-refractivity contribution in [2.75, 3.05) is 0 Å². The Balaban J connectivity index is 2.88. The van der Waals surface area contributed by atoms with Crippen LogP contribution in [0.15, 0.2) is 27.3 Å². The van der Waals surface area contributed by atoms with Gasteiger partial charge in [-0.05, 0) is 12.1 Å². The predicted octanol–water partition coefficient (Wildman–Crippen LogP) is 3.09. The summed E-state index contributed by atoms with van der Waals surface area (Å²) in [5.41, 5.74) is 2.04. The molecule has 2 heteroatoms. The van der Waals surface area contributed by atoms with Crippen LogP contribution in [0.5, 0.6) is 0 Å². The molecule has 10 heavy (non-hydrogen) atoms. The molecule has 0 saturated heterocycles. The first-order valence-electron chi connectivity index (χ1n) is 3.12. The van der Waals surface area contributed by atoms with Crippen molar-refractivity contribution in [3.63, 3.8) is 0 Å². The molecule has 0 unspecified atom stereocenters. The fourth-order valence-corrected chi connectivity index (χ4v) is 2.13. The summed E-state index contributed by atoms with van der Waals surface area (Å²) in [6, 6.07) is 4.04. The van der Waals surface area contributed by atoms with Crippen LogP contribution in [0.4, 0.5) is 0 Å². The van der Waals surface area contributed by atoms with E-state index in [1.54, 1.807) is 11.3 Å². The minimum absolute atomic E-state index is 1.02. The fourth-order valence-electron chi connectivity index (χ4n) is 1.31. The highest BCUT2D eigenvalue weighted by atomic mass is 32.1. The first kappa shape index (κ1) is 4.74. The van der Waals surface area contributed by atoms with Crippen LogP contribution in [0.2, 0.25) is 0 Å². The van der Waals surface area contributed by atoms with E-state index in [0.717, 1.165) is 11.2 Å². The average molecular weight is 148 g/mol. The van der Waals surface area contributed by atoms with E-state index in [-0.39, 0.29) is 0 Å². The molecule has 0 aliphatic rings. The van der Waals surface area contributed by atoms with E-state index in [1.165, 1.54) is 10.8 Å². The summed E-state index contributed by atoms with van der Waals surface area (Å²) in [5.74, 6) is 0. The molecule has 0 N–H and O–H groups in total. The van der Waals surface area contributed by atoms with E-state index in [0.29, 0.717) is 0 Å². The molecule has 0 saturated carbocycles. The number of fused-ring (bicyclic) bond motifs is 5. The van der Waals surface area contributed by atoms with Crippen molar-refractivity contribution in [3.8, 4) is 0 Å². The van der Waals surface area contributed by atoms with Crippen molar-refractivity contribution in [1.82, 2.24) is 0 Å². The summed E-state index contributed by atoms with van der Waals surface area (Å²) >= 11 is 1.73. The van der Waals surface area contributed by atoms with Gasteiger partial charge in [-0.3, -0.25) is 0 Å². The largest absolute Gasteiger partial charge is 0.456 e. The van der Waals surface area contributed by atoms with Gasteiger partial charge < -0.3 is 4.42 Å². The van der Waals surface area contributed by atoms with Crippen LogP contribution < -0.4 is 0 Å². The van der Waals surface area contributed by atoms with Gasteiger partial charge in [-0.15, -0.1) is 0 Å². The van der Waals surface area contributed by atoms with E-state index in [2.05, 4.69) is 10.8 Å². The zero-order valence-corrected chi connectivity index (χ0v) is 5.94. The van der Waals surface area contributed by atoms with Crippen molar-refractivity contribution in [2.45, 2.75) is 0 Å². The molecule has 0 aliphatic heterocycles. The van der Waals surface area contributed by atoms with Gasteiger partial charge in [-0.25, -0.2) is 0 Å². The average Bonchev–Trinajstić information content (AvgIpc) is 2.60. The van der Waals surface area contributed by atoms with Crippen molar-refractivity contribution in [1.29, 1.82) is 0 Å². The molecular weight excluding hydrogens is 144 g/mol. The van der Waals surface area contributed by atoms with Crippen molar-refractivity contribution in [3.05, 3.63) is 22.9 Å². The minimum Gasteiger partial charge on any atom is -0.456 e. The molecule has 48 valence electrons. The fraction of sp³-hybridized carbons (Fsp3) is 0. The number of hydrogen-bond acceptors (Lipinski definition) is 2. The Morgan fingerprint density at radius 1 is 1.00 bits per heavy atom. The molecule has 3 aromatic rings. The lowest BCUT2D eigenvalue weighted by atomic mass is 10.2. The lowest BCUT2D eigenvalue weighted by molar-refractivity contribution is 0.679. The topological polar surface area (TPSA) is 13.1 Å². The molecule has 0 radical (unpaired) electrons. The van der Waals surface area contributed by atoms with Gasteiger partial charge in [0, 0.05) is 21.5 Å². The monoisotopic (exact) mass is 148 g/mol. The van der Waals surface area contributed by atoms with Crippen LogP contribution in [0.1, 0.15) is 0 Å². The summed E-state index contributed by atoms with van der Waals surface area (Å²) < 4.78 is 5.41. The second kappa shape index (κ2) is 1.35. The van der Waals surface area contributed by atoms with E-state index in [9.17, 15) is 0 Å². The third-order valence-corrected chi connectivity index (χ3v) is 2.54. The van der Waals surface area contributed by atoms with Gasteiger partial charge in [0.25, 0.3) is 0 Å². The smallest absolute Gasteiger partial charge is 0.136 e. The molecule has 3 heterocycles. The predicted molar refractivity (Wildman–Crippen MR) is 42.8 cm³/mol. The Morgan fingerprint density at radius 3 is 2.20 bits per heavy atom. The van der Waals surface area contributed by atoms with E-state index in [4.69, 9.17) is 4.42 Å². The number of thiophene rings is 1. The molecule has 3 rings (SSSR count). The van der Waals surface area contributed by atoms with Gasteiger partial charge in [-0.2, -0.15) is 11.3 Å². The van der Waals surface area contributed by atoms with Crippen molar-refractivity contribution < 1.29 is 4.42 Å². The Bertz CT molecular complexity index is 423. The van der Waals surface area contributed by atoms with Gasteiger partial charge in [-0.1, -0.05) is 0 Å². The van der Waals surface area contributed by atoms with Crippen molar-refractivity contribution >= 4 is 33.3 Å². The van der Waals surface area contributed by atoms with Crippen LogP contribution in [0.25, 0.3) is 21.9 Å². The zero-order valence-electron chi connectivity index (χ0n) is 5.13. The highest BCUT2D eigenvalue weighted by molar-refractivity contribution is 7.09. The Labute approximate surface area is 61.2 Å².